The molecule has 0 saturated heterocycles. The highest BCUT2D eigenvalue weighted by Crippen LogP contribution is 2.42. The van der Waals surface area contributed by atoms with Gasteiger partial charge in [0.05, 0.1) is 25.8 Å². The fraction of sp³-hybridized carbons (Fsp3) is 0.208. The molecule has 7 nitrogen and oxygen atoms in total. The summed E-state index contributed by atoms with van der Waals surface area (Å²) in [5.41, 5.74) is -0.611. The van der Waals surface area contributed by atoms with E-state index < -0.39 is 11.5 Å². The first-order valence-corrected chi connectivity index (χ1v) is 9.87. The Kier molecular flexibility index (Phi) is 5.68. The molecule has 158 valence electrons. The first-order chi connectivity index (χ1) is 15.0. The van der Waals surface area contributed by atoms with Crippen LogP contribution in [0.2, 0.25) is 0 Å². The van der Waals surface area contributed by atoms with Crippen LogP contribution in [0.25, 0.3) is 0 Å². The number of ketones is 1. The molecule has 1 atom stereocenters. The van der Waals surface area contributed by atoms with Gasteiger partial charge in [0.15, 0.2) is 22.9 Å². The van der Waals surface area contributed by atoms with Gasteiger partial charge in [0.25, 0.3) is 5.91 Å². The second kappa shape index (κ2) is 8.57. The summed E-state index contributed by atoms with van der Waals surface area (Å²) in [4.78, 5) is 31.4. The number of rotatable bonds is 8. The second-order valence-corrected chi connectivity index (χ2v) is 7.18. The summed E-state index contributed by atoms with van der Waals surface area (Å²) in [6, 6.07) is 17.4. The predicted octanol–water partition coefficient (Wildman–Crippen LogP) is 2.98. The van der Waals surface area contributed by atoms with E-state index in [1.165, 1.54) is 11.1 Å². The Morgan fingerprint density at radius 1 is 1.06 bits per heavy atom. The van der Waals surface area contributed by atoms with Crippen LogP contribution in [0, 0.1) is 0 Å². The highest BCUT2D eigenvalue weighted by molar-refractivity contribution is 6.10. The number of aromatic nitrogens is 1. The van der Waals surface area contributed by atoms with Crippen LogP contribution in [0.15, 0.2) is 73.1 Å². The molecule has 0 spiro atoms. The van der Waals surface area contributed by atoms with Gasteiger partial charge < -0.3 is 19.5 Å². The highest BCUT2D eigenvalue weighted by atomic mass is 16.5. The number of hydrogen-bond acceptors (Lipinski definition) is 6. The molecule has 0 saturated carbocycles. The highest BCUT2D eigenvalue weighted by Gasteiger charge is 2.50. The van der Waals surface area contributed by atoms with Crippen LogP contribution in [-0.2, 0) is 10.4 Å². The van der Waals surface area contributed by atoms with Crippen molar-refractivity contribution in [1.82, 2.24) is 4.98 Å². The molecule has 1 N–H and O–H groups in total. The number of amides is 1. The average molecular weight is 418 g/mol. The Balaban J connectivity index is 1.54. The monoisotopic (exact) mass is 418 g/mol. The average Bonchev–Trinajstić information content (AvgIpc) is 3.02. The number of aliphatic hydroxyl groups is 1. The van der Waals surface area contributed by atoms with Gasteiger partial charge in [-0.3, -0.25) is 14.6 Å². The molecule has 0 fully saturated rings. The fourth-order valence-electron chi connectivity index (χ4n) is 3.75. The zero-order valence-electron chi connectivity index (χ0n) is 17.0. The number of fused-ring (bicyclic) bond motifs is 1. The van der Waals surface area contributed by atoms with Crippen molar-refractivity contribution in [2.45, 2.75) is 12.0 Å². The van der Waals surface area contributed by atoms with Gasteiger partial charge in [0.2, 0.25) is 0 Å². The molecule has 7 heteroatoms. The van der Waals surface area contributed by atoms with Crippen LogP contribution in [-0.4, -0.2) is 42.0 Å². The largest absolute Gasteiger partial charge is 0.493 e. The third kappa shape index (κ3) is 3.87. The number of carbonyl (C=O) groups is 2. The minimum Gasteiger partial charge on any atom is -0.493 e. The van der Waals surface area contributed by atoms with E-state index in [1.807, 2.05) is 12.1 Å². The molecule has 3 aromatic rings. The minimum absolute atomic E-state index is 0.188. The molecule has 4 rings (SSSR count). The van der Waals surface area contributed by atoms with E-state index in [0.717, 1.165) is 0 Å². The van der Waals surface area contributed by atoms with Gasteiger partial charge in [0.1, 0.15) is 6.61 Å². The van der Waals surface area contributed by atoms with E-state index >= 15 is 0 Å². The van der Waals surface area contributed by atoms with Crippen molar-refractivity contribution < 1.29 is 24.2 Å². The van der Waals surface area contributed by atoms with Crippen molar-refractivity contribution in [2.24, 2.45) is 0 Å². The molecule has 2 heterocycles. The number of pyridine rings is 1. The number of para-hydroxylation sites is 3. The van der Waals surface area contributed by atoms with Crippen molar-refractivity contribution in [3.63, 3.8) is 0 Å². The number of carbonyl (C=O) groups excluding carboxylic acids is 2. The van der Waals surface area contributed by atoms with Crippen LogP contribution in [0.3, 0.4) is 0 Å². The number of Topliss-reactive ketones (excluding diaryl/α,β-unsaturated/α-hetero) is 1. The third-order valence-corrected chi connectivity index (χ3v) is 5.28. The standard InChI is InChI=1S/C24H22N2O5/c1-30-21-10-4-5-11-22(21)31-14-13-26-19-9-3-2-8-18(19)24(29,23(26)28)15-20(27)17-7-6-12-25-16-17/h2-12,16,29H,13-15H2,1H3/t24-/m1/s1. The molecule has 1 aliphatic heterocycles. The molecule has 1 amide bonds. The molecular weight excluding hydrogens is 396 g/mol. The van der Waals surface area contributed by atoms with Crippen LogP contribution >= 0.6 is 0 Å². The molecule has 0 aliphatic carbocycles. The van der Waals surface area contributed by atoms with Crippen molar-refractivity contribution in [1.29, 1.82) is 0 Å². The maximum absolute atomic E-state index is 13.2. The van der Waals surface area contributed by atoms with Crippen molar-refractivity contribution >= 4 is 17.4 Å². The van der Waals surface area contributed by atoms with Crippen LogP contribution < -0.4 is 14.4 Å². The number of ether oxygens (including phenoxy) is 2. The van der Waals surface area contributed by atoms with E-state index in [1.54, 1.807) is 61.8 Å². The normalized spacial score (nSPS) is 17.4. The smallest absolute Gasteiger partial charge is 0.264 e. The van der Waals surface area contributed by atoms with Crippen molar-refractivity contribution in [3.05, 3.63) is 84.2 Å². The lowest BCUT2D eigenvalue weighted by atomic mass is 9.88. The quantitative estimate of drug-likeness (QED) is 0.566. The molecule has 0 bridgehead atoms. The van der Waals surface area contributed by atoms with Crippen molar-refractivity contribution in [3.8, 4) is 11.5 Å². The summed E-state index contributed by atoms with van der Waals surface area (Å²) >= 11 is 0. The SMILES string of the molecule is COc1ccccc1OCCN1C(=O)[C@@](O)(CC(=O)c2cccnc2)c2ccccc21. The molecule has 1 aromatic heterocycles. The van der Waals surface area contributed by atoms with Gasteiger partial charge in [-0.1, -0.05) is 30.3 Å². The lowest BCUT2D eigenvalue weighted by molar-refractivity contribution is -0.135. The van der Waals surface area contributed by atoms with Gasteiger partial charge in [0, 0.05) is 23.5 Å². The fourth-order valence-corrected chi connectivity index (χ4v) is 3.75. The number of methoxy groups -OCH3 is 1. The number of benzene rings is 2. The Morgan fingerprint density at radius 3 is 2.55 bits per heavy atom. The molecule has 1 aliphatic rings. The molecule has 31 heavy (non-hydrogen) atoms. The first-order valence-electron chi connectivity index (χ1n) is 9.87. The summed E-state index contributed by atoms with van der Waals surface area (Å²) in [5, 5.41) is 11.3. The van der Waals surface area contributed by atoms with Gasteiger partial charge in [-0.25, -0.2) is 0 Å². The first kappa shape index (κ1) is 20.6. The maximum atomic E-state index is 13.2. The lowest BCUT2D eigenvalue weighted by Crippen LogP contribution is -2.43. The van der Waals surface area contributed by atoms with Crippen LogP contribution in [0.1, 0.15) is 22.3 Å². The zero-order chi connectivity index (χ0) is 21.8. The topological polar surface area (TPSA) is 89.0 Å². The summed E-state index contributed by atoms with van der Waals surface area (Å²) < 4.78 is 11.1. The van der Waals surface area contributed by atoms with Gasteiger partial charge in [-0.2, -0.15) is 0 Å². The van der Waals surface area contributed by atoms with Crippen LogP contribution in [0.5, 0.6) is 11.5 Å². The molecule has 0 radical (unpaired) electrons. The number of nitrogens with zero attached hydrogens (tertiary/aromatic N) is 2. The van der Waals surface area contributed by atoms with Crippen molar-refractivity contribution in [2.75, 3.05) is 25.2 Å². The summed E-state index contributed by atoms with van der Waals surface area (Å²) in [6.07, 6.45) is 2.62. The molecule has 2 aromatic carbocycles. The predicted molar refractivity (Wildman–Crippen MR) is 114 cm³/mol. The minimum atomic E-state index is -1.94. The third-order valence-electron chi connectivity index (χ3n) is 5.28. The number of hydrogen-bond donors (Lipinski definition) is 1. The summed E-state index contributed by atoms with van der Waals surface area (Å²) in [7, 11) is 1.56. The van der Waals surface area contributed by atoms with E-state index in [0.29, 0.717) is 28.3 Å². The Labute approximate surface area is 179 Å². The maximum Gasteiger partial charge on any atom is 0.264 e. The van der Waals surface area contributed by atoms with E-state index in [9.17, 15) is 14.7 Å². The Morgan fingerprint density at radius 2 is 1.81 bits per heavy atom. The van der Waals surface area contributed by atoms with Gasteiger partial charge in [-0.05, 0) is 30.3 Å². The van der Waals surface area contributed by atoms with Gasteiger partial charge in [-0.15, -0.1) is 0 Å². The second-order valence-electron chi connectivity index (χ2n) is 7.18. The Bertz CT molecular complexity index is 1100. The van der Waals surface area contributed by atoms with E-state index in [-0.39, 0.29) is 25.4 Å². The lowest BCUT2D eigenvalue weighted by Gasteiger charge is -2.23. The molecule has 0 unspecified atom stereocenters. The zero-order valence-corrected chi connectivity index (χ0v) is 17.0. The van der Waals surface area contributed by atoms with Crippen LogP contribution in [0.4, 0.5) is 5.69 Å². The number of anilines is 1. The summed E-state index contributed by atoms with van der Waals surface area (Å²) in [6.45, 7) is 0.393. The Hall–Kier alpha value is -3.71. The van der Waals surface area contributed by atoms with Gasteiger partial charge >= 0.3 is 0 Å². The van der Waals surface area contributed by atoms with E-state index in [4.69, 9.17) is 9.47 Å². The van der Waals surface area contributed by atoms with E-state index in [2.05, 4.69) is 4.98 Å². The summed E-state index contributed by atoms with van der Waals surface area (Å²) in [5.74, 6) is 0.251. The molecular formula is C24H22N2O5.